The third kappa shape index (κ3) is 2.66. The van der Waals surface area contributed by atoms with Gasteiger partial charge in [0.2, 0.25) is 0 Å². The first-order chi connectivity index (χ1) is 12.1. The number of furan rings is 1. The number of rotatable bonds is 3. The molecule has 0 spiro atoms. The van der Waals surface area contributed by atoms with Gasteiger partial charge in [-0.05, 0) is 43.4 Å². The van der Waals surface area contributed by atoms with E-state index in [4.69, 9.17) is 4.42 Å². The summed E-state index contributed by atoms with van der Waals surface area (Å²) in [5.41, 5.74) is 4.61. The molecular formula is C21H24N2O2. The summed E-state index contributed by atoms with van der Waals surface area (Å²) in [7, 11) is 0. The molecule has 0 bridgehead atoms. The first-order valence-corrected chi connectivity index (χ1v) is 9.00. The zero-order valence-corrected chi connectivity index (χ0v) is 15.0. The van der Waals surface area contributed by atoms with Gasteiger partial charge in [0.25, 0.3) is 5.91 Å². The van der Waals surface area contributed by atoms with Gasteiger partial charge in [0.1, 0.15) is 0 Å². The Balaban J connectivity index is 1.78. The second-order valence-electron chi connectivity index (χ2n) is 7.39. The molecule has 4 heteroatoms. The van der Waals surface area contributed by atoms with E-state index in [1.807, 2.05) is 17.9 Å². The van der Waals surface area contributed by atoms with E-state index in [-0.39, 0.29) is 11.9 Å². The minimum absolute atomic E-state index is 0.00236. The van der Waals surface area contributed by atoms with Crippen LogP contribution in [0.25, 0.3) is 10.9 Å². The van der Waals surface area contributed by atoms with E-state index in [1.165, 1.54) is 16.6 Å². The maximum absolute atomic E-state index is 13.1. The predicted molar refractivity (Wildman–Crippen MR) is 98.7 cm³/mol. The number of aryl methyl sites for hydroxylation is 1. The molecule has 1 aliphatic heterocycles. The third-order valence-electron chi connectivity index (χ3n) is 5.17. The van der Waals surface area contributed by atoms with Crippen molar-refractivity contribution in [3.63, 3.8) is 0 Å². The van der Waals surface area contributed by atoms with Crippen LogP contribution in [0, 0.1) is 12.8 Å². The lowest BCUT2D eigenvalue weighted by Gasteiger charge is -2.36. The molecule has 0 saturated carbocycles. The standard InChI is InChI=1S/C21H24N2O2/c1-13(2)12-18-19-16(15-6-4-5-7-17(15)22-19)8-10-23(18)21(24)20-14(3)9-11-25-20/h4-7,9,11,13,18,22H,8,10,12H2,1-3H3. The van der Waals surface area contributed by atoms with Crippen molar-refractivity contribution in [3.8, 4) is 0 Å². The van der Waals surface area contributed by atoms with E-state index in [0.717, 1.165) is 30.5 Å². The van der Waals surface area contributed by atoms with Crippen LogP contribution in [0.15, 0.2) is 41.0 Å². The lowest BCUT2D eigenvalue weighted by atomic mass is 9.91. The Morgan fingerprint density at radius 3 is 2.84 bits per heavy atom. The van der Waals surface area contributed by atoms with Crippen molar-refractivity contribution < 1.29 is 9.21 Å². The van der Waals surface area contributed by atoms with Crippen molar-refractivity contribution in [2.24, 2.45) is 5.92 Å². The van der Waals surface area contributed by atoms with Crippen LogP contribution in [0.3, 0.4) is 0 Å². The van der Waals surface area contributed by atoms with E-state index in [1.54, 1.807) is 6.26 Å². The summed E-state index contributed by atoms with van der Waals surface area (Å²) in [5, 5.41) is 1.28. The number of aromatic nitrogens is 1. The highest BCUT2D eigenvalue weighted by atomic mass is 16.3. The summed E-state index contributed by atoms with van der Waals surface area (Å²) in [6, 6.07) is 10.3. The van der Waals surface area contributed by atoms with Crippen LogP contribution in [0.2, 0.25) is 0 Å². The number of hydrogen-bond acceptors (Lipinski definition) is 2. The van der Waals surface area contributed by atoms with E-state index >= 15 is 0 Å². The van der Waals surface area contributed by atoms with Gasteiger partial charge in [0, 0.05) is 28.7 Å². The number of benzene rings is 1. The van der Waals surface area contributed by atoms with Gasteiger partial charge in [-0.2, -0.15) is 0 Å². The molecule has 1 amide bonds. The Hall–Kier alpha value is -2.49. The largest absolute Gasteiger partial charge is 0.459 e. The molecular weight excluding hydrogens is 312 g/mol. The summed E-state index contributed by atoms with van der Waals surface area (Å²) in [6.07, 6.45) is 3.41. The number of aromatic amines is 1. The SMILES string of the molecule is Cc1ccoc1C(=O)N1CCc2c([nH]c3ccccc23)C1CC(C)C. The first kappa shape index (κ1) is 16.0. The molecule has 0 radical (unpaired) electrons. The maximum Gasteiger partial charge on any atom is 0.290 e. The third-order valence-corrected chi connectivity index (χ3v) is 5.17. The number of fused-ring (bicyclic) bond motifs is 3. The van der Waals surface area contributed by atoms with Crippen LogP contribution >= 0.6 is 0 Å². The number of nitrogens with one attached hydrogen (secondary N) is 1. The number of carbonyl (C=O) groups excluding carboxylic acids is 1. The lowest BCUT2D eigenvalue weighted by Crippen LogP contribution is -2.40. The molecule has 3 heterocycles. The Morgan fingerprint density at radius 2 is 2.12 bits per heavy atom. The van der Waals surface area contributed by atoms with Crippen LogP contribution in [0.4, 0.5) is 0 Å². The van der Waals surface area contributed by atoms with Crippen molar-refractivity contribution in [1.82, 2.24) is 9.88 Å². The van der Waals surface area contributed by atoms with Crippen molar-refractivity contribution in [2.75, 3.05) is 6.54 Å². The number of H-pyrrole nitrogens is 1. The summed E-state index contributed by atoms with van der Waals surface area (Å²) in [4.78, 5) is 18.7. The smallest absolute Gasteiger partial charge is 0.290 e. The fourth-order valence-corrected chi connectivity index (χ4v) is 3.98. The molecule has 130 valence electrons. The van der Waals surface area contributed by atoms with Gasteiger partial charge in [-0.3, -0.25) is 4.79 Å². The molecule has 2 aromatic heterocycles. The minimum Gasteiger partial charge on any atom is -0.459 e. The fourth-order valence-electron chi connectivity index (χ4n) is 3.98. The number of para-hydroxylation sites is 1. The summed E-state index contributed by atoms with van der Waals surface area (Å²) < 4.78 is 5.48. The molecule has 0 saturated heterocycles. The second-order valence-corrected chi connectivity index (χ2v) is 7.39. The average molecular weight is 336 g/mol. The van der Waals surface area contributed by atoms with Gasteiger partial charge in [0.05, 0.1) is 12.3 Å². The quantitative estimate of drug-likeness (QED) is 0.743. The van der Waals surface area contributed by atoms with Crippen LogP contribution in [-0.2, 0) is 6.42 Å². The van der Waals surface area contributed by atoms with Gasteiger partial charge in [0.15, 0.2) is 5.76 Å². The summed E-state index contributed by atoms with van der Waals surface area (Å²) in [5.74, 6) is 0.959. The van der Waals surface area contributed by atoms with E-state index in [0.29, 0.717) is 11.7 Å². The highest BCUT2D eigenvalue weighted by molar-refractivity contribution is 5.94. The molecule has 1 atom stereocenters. The second kappa shape index (κ2) is 6.10. The molecule has 1 N–H and O–H groups in total. The van der Waals surface area contributed by atoms with E-state index in [2.05, 4.69) is 43.1 Å². The Morgan fingerprint density at radius 1 is 1.32 bits per heavy atom. The van der Waals surface area contributed by atoms with Crippen LogP contribution in [0.5, 0.6) is 0 Å². The molecule has 4 rings (SSSR count). The molecule has 4 nitrogen and oxygen atoms in total. The van der Waals surface area contributed by atoms with Gasteiger partial charge in [-0.1, -0.05) is 32.0 Å². The molecule has 1 unspecified atom stereocenters. The van der Waals surface area contributed by atoms with Gasteiger partial charge < -0.3 is 14.3 Å². The topological polar surface area (TPSA) is 49.2 Å². The van der Waals surface area contributed by atoms with E-state index < -0.39 is 0 Å². The molecule has 25 heavy (non-hydrogen) atoms. The summed E-state index contributed by atoms with van der Waals surface area (Å²) >= 11 is 0. The first-order valence-electron chi connectivity index (χ1n) is 9.00. The van der Waals surface area contributed by atoms with Crippen LogP contribution < -0.4 is 0 Å². The number of carbonyl (C=O) groups is 1. The number of hydrogen-bond donors (Lipinski definition) is 1. The maximum atomic E-state index is 13.1. The fraction of sp³-hybridized carbons (Fsp3) is 0.381. The Bertz CT molecular complexity index is 919. The number of nitrogens with zero attached hydrogens (tertiary/aromatic N) is 1. The Labute approximate surface area is 147 Å². The zero-order chi connectivity index (χ0) is 17.6. The molecule has 1 aliphatic rings. The molecule has 1 aromatic carbocycles. The predicted octanol–water partition coefficient (Wildman–Crippen LogP) is 4.86. The normalized spacial score (nSPS) is 17.3. The lowest BCUT2D eigenvalue weighted by molar-refractivity contribution is 0.0598. The molecule has 3 aromatic rings. The summed E-state index contributed by atoms with van der Waals surface area (Å²) in [6.45, 7) is 7.06. The van der Waals surface area contributed by atoms with Crippen molar-refractivity contribution >= 4 is 16.8 Å². The minimum atomic E-state index is -0.00236. The van der Waals surface area contributed by atoms with Crippen molar-refractivity contribution in [3.05, 3.63) is 59.2 Å². The van der Waals surface area contributed by atoms with Crippen molar-refractivity contribution in [2.45, 2.75) is 39.7 Å². The van der Waals surface area contributed by atoms with Gasteiger partial charge >= 0.3 is 0 Å². The number of amides is 1. The van der Waals surface area contributed by atoms with Crippen LogP contribution in [0.1, 0.15) is 53.7 Å². The Kier molecular flexibility index (Phi) is 3.91. The highest BCUT2D eigenvalue weighted by Crippen LogP contribution is 2.38. The van der Waals surface area contributed by atoms with Gasteiger partial charge in [-0.25, -0.2) is 0 Å². The zero-order valence-electron chi connectivity index (χ0n) is 15.0. The highest BCUT2D eigenvalue weighted by Gasteiger charge is 2.35. The molecule has 0 fully saturated rings. The van der Waals surface area contributed by atoms with Gasteiger partial charge in [-0.15, -0.1) is 0 Å². The van der Waals surface area contributed by atoms with Crippen molar-refractivity contribution in [1.29, 1.82) is 0 Å². The van der Waals surface area contributed by atoms with Crippen LogP contribution in [-0.4, -0.2) is 22.3 Å². The average Bonchev–Trinajstić information content (AvgIpc) is 3.18. The molecule has 0 aliphatic carbocycles. The van der Waals surface area contributed by atoms with E-state index in [9.17, 15) is 4.79 Å². The monoisotopic (exact) mass is 336 g/mol.